The number of hydrogen-bond donors (Lipinski definition) is 2. The Kier molecular flexibility index (Phi) is 3.47. The van der Waals surface area contributed by atoms with Crippen LogP contribution >= 0.6 is 0 Å². The number of aromatic amines is 1. The van der Waals surface area contributed by atoms with Crippen molar-refractivity contribution in [2.45, 2.75) is 20.3 Å². The Hall–Kier alpha value is -1.77. The van der Waals surface area contributed by atoms with Crippen LogP contribution in [0, 0.1) is 5.92 Å². The standard InChI is InChI=1S/C14H18N2O/c1-10(2)9-16-14(17)8-11-3-4-13-12(7-11)5-6-15-13/h3-7,10,15H,8-9H2,1-2H3,(H,16,17). The molecule has 3 nitrogen and oxygen atoms in total. The van der Waals surface area contributed by atoms with Gasteiger partial charge < -0.3 is 10.3 Å². The van der Waals surface area contributed by atoms with E-state index >= 15 is 0 Å². The number of H-pyrrole nitrogens is 1. The third-order valence-electron chi connectivity index (χ3n) is 2.69. The number of aromatic nitrogens is 1. The molecule has 2 N–H and O–H groups in total. The van der Waals surface area contributed by atoms with Crippen molar-refractivity contribution in [3.63, 3.8) is 0 Å². The van der Waals surface area contributed by atoms with Crippen molar-refractivity contribution in [2.24, 2.45) is 5.92 Å². The maximum absolute atomic E-state index is 11.7. The number of nitrogens with one attached hydrogen (secondary N) is 2. The number of carbonyl (C=O) groups excluding carboxylic acids is 1. The van der Waals surface area contributed by atoms with E-state index in [1.807, 2.05) is 24.4 Å². The molecule has 1 aromatic heterocycles. The van der Waals surface area contributed by atoms with Crippen LogP contribution in [0.5, 0.6) is 0 Å². The smallest absolute Gasteiger partial charge is 0.224 e. The summed E-state index contributed by atoms with van der Waals surface area (Å²) < 4.78 is 0. The molecule has 0 unspecified atom stereocenters. The van der Waals surface area contributed by atoms with Crippen LogP contribution in [-0.4, -0.2) is 17.4 Å². The summed E-state index contributed by atoms with van der Waals surface area (Å²) >= 11 is 0. The minimum Gasteiger partial charge on any atom is -0.361 e. The lowest BCUT2D eigenvalue weighted by molar-refractivity contribution is -0.120. The summed E-state index contributed by atoms with van der Waals surface area (Å²) in [5.41, 5.74) is 2.16. The van der Waals surface area contributed by atoms with E-state index in [0.29, 0.717) is 12.3 Å². The second-order valence-corrected chi connectivity index (χ2v) is 4.77. The van der Waals surface area contributed by atoms with Gasteiger partial charge in [0.2, 0.25) is 5.91 Å². The average molecular weight is 230 g/mol. The summed E-state index contributed by atoms with van der Waals surface area (Å²) in [4.78, 5) is 14.8. The molecule has 3 heteroatoms. The van der Waals surface area contributed by atoms with E-state index in [1.165, 1.54) is 0 Å². The van der Waals surface area contributed by atoms with E-state index in [0.717, 1.165) is 23.0 Å². The molecule has 1 heterocycles. The summed E-state index contributed by atoms with van der Waals surface area (Å²) in [6, 6.07) is 8.08. The van der Waals surface area contributed by atoms with Crippen LogP contribution in [-0.2, 0) is 11.2 Å². The molecule has 17 heavy (non-hydrogen) atoms. The summed E-state index contributed by atoms with van der Waals surface area (Å²) in [6.45, 7) is 4.92. The molecule has 0 saturated heterocycles. The Bertz CT molecular complexity index is 514. The predicted octanol–water partition coefficient (Wildman–Crippen LogP) is 2.48. The van der Waals surface area contributed by atoms with Gasteiger partial charge in [0.05, 0.1) is 6.42 Å². The molecule has 0 radical (unpaired) electrons. The lowest BCUT2D eigenvalue weighted by atomic mass is 10.1. The van der Waals surface area contributed by atoms with Crippen molar-refractivity contribution < 1.29 is 4.79 Å². The molecule has 0 aliphatic rings. The number of benzene rings is 1. The first-order valence-corrected chi connectivity index (χ1v) is 5.98. The van der Waals surface area contributed by atoms with E-state index < -0.39 is 0 Å². The van der Waals surface area contributed by atoms with Crippen molar-refractivity contribution >= 4 is 16.8 Å². The zero-order valence-corrected chi connectivity index (χ0v) is 10.3. The topological polar surface area (TPSA) is 44.9 Å². The number of rotatable bonds is 4. The Morgan fingerprint density at radius 1 is 1.35 bits per heavy atom. The molecule has 0 saturated carbocycles. The Morgan fingerprint density at radius 2 is 2.18 bits per heavy atom. The highest BCUT2D eigenvalue weighted by molar-refractivity contribution is 5.83. The lowest BCUT2D eigenvalue weighted by Gasteiger charge is -2.07. The number of amides is 1. The fraction of sp³-hybridized carbons (Fsp3) is 0.357. The van der Waals surface area contributed by atoms with Crippen LogP contribution in [0.1, 0.15) is 19.4 Å². The highest BCUT2D eigenvalue weighted by Gasteiger charge is 2.05. The molecule has 2 aromatic rings. The Labute approximate surface area is 101 Å². The van der Waals surface area contributed by atoms with Gasteiger partial charge in [0.1, 0.15) is 0 Å². The first-order valence-electron chi connectivity index (χ1n) is 5.98. The van der Waals surface area contributed by atoms with Gasteiger partial charge in [-0.3, -0.25) is 4.79 Å². The van der Waals surface area contributed by atoms with Crippen LogP contribution in [0.3, 0.4) is 0 Å². The van der Waals surface area contributed by atoms with E-state index in [9.17, 15) is 4.79 Å². The second-order valence-electron chi connectivity index (χ2n) is 4.77. The van der Waals surface area contributed by atoms with Crippen molar-refractivity contribution in [1.29, 1.82) is 0 Å². The van der Waals surface area contributed by atoms with Crippen molar-refractivity contribution in [3.8, 4) is 0 Å². The first-order chi connectivity index (χ1) is 8.15. The highest BCUT2D eigenvalue weighted by Crippen LogP contribution is 2.14. The summed E-state index contributed by atoms with van der Waals surface area (Å²) in [5, 5.41) is 4.08. The van der Waals surface area contributed by atoms with Crippen LogP contribution in [0.15, 0.2) is 30.5 Å². The number of carbonyl (C=O) groups is 1. The van der Waals surface area contributed by atoms with Crippen molar-refractivity contribution in [3.05, 3.63) is 36.0 Å². The number of hydrogen-bond acceptors (Lipinski definition) is 1. The van der Waals surface area contributed by atoms with Crippen LogP contribution in [0.2, 0.25) is 0 Å². The van der Waals surface area contributed by atoms with Gasteiger partial charge in [-0.25, -0.2) is 0 Å². The Morgan fingerprint density at radius 3 is 2.94 bits per heavy atom. The summed E-state index contributed by atoms with van der Waals surface area (Å²) in [7, 11) is 0. The van der Waals surface area contributed by atoms with E-state index in [1.54, 1.807) is 0 Å². The van der Waals surface area contributed by atoms with E-state index in [4.69, 9.17) is 0 Å². The minimum absolute atomic E-state index is 0.0913. The molecule has 0 atom stereocenters. The predicted molar refractivity (Wildman–Crippen MR) is 69.9 cm³/mol. The molecule has 1 amide bonds. The Balaban J connectivity index is 2.00. The van der Waals surface area contributed by atoms with Gasteiger partial charge in [-0.15, -0.1) is 0 Å². The van der Waals surface area contributed by atoms with Gasteiger partial charge >= 0.3 is 0 Å². The minimum atomic E-state index is 0.0913. The molecular weight excluding hydrogens is 212 g/mol. The fourth-order valence-electron chi connectivity index (χ4n) is 1.78. The lowest BCUT2D eigenvalue weighted by Crippen LogP contribution is -2.28. The first kappa shape index (κ1) is 11.7. The molecule has 0 bridgehead atoms. The maximum atomic E-state index is 11.7. The SMILES string of the molecule is CC(C)CNC(=O)Cc1ccc2[nH]ccc2c1. The molecule has 90 valence electrons. The van der Waals surface area contributed by atoms with Crippen molar-refractivity contribution in [2.75, 3.05) is 6.54 Å². The molecule has 0 fully saturated rings. The molecule has 0 aliphatic heterocycles. The van der Waals surface area contributed by atoms with Gasteiger partial charge in [0.15, 0.2) is 0 Å². The van der Waals surface area contributed by atoms with Gasteiger partial charge in [0, 0.05) is 18.3 Å². The second kappa shape index (κ2) is 5.04. The zero-order chi connectivity index (χ0) is 12.3. The van der Waals surface area contributed by atoms with Crippen LogP contribution in [0.25, 0.3) is 10.9 Å². The van der Waals surface area contributed by atoms with Gasteiger partial charge in [0.25, 0.3) is 0 Å². The van der Waals surface area contributed by atoms with Gasteiger partial charge in [-0.1, -0.05) is 19.9 Å². The van der Waals surface area contributed by atoms with E-state index in [2.05, 4.69) is 30.2 Å². The molecular formula is C14H18N2O. The summed E-state index contributed by atoms with van der Waals surface area (Å²) in [5.74, 6) is 0.583. The molecule has 2 rings (SSSR count). The van der Waals surface area contributed by atoms with Gasteiger partial charge in [-0.05, 0) is 35.1 Å². The molecule has 0 spiro atoms. The van der Waals surface area contributed by atoms with Crippen LogP contribution < -0.4 is 5.32 Å². The quantitative estimate of drug-likeness (QED) is 0.832. The fourth-order valence-corrected chi connectivity index (χ4v) is 1.78. The third kappa shape index (κ3) is 3.09. The monoisotopic (exact) mass is 230 g/mol. The van der Waals surface area contributed by atoms with Crippen molar-refractivity contribution in [1.82, 2.24) is 10.3 Å². The summed E-state index contributed by atoms with van der Waals surface area (Å²) in [6.07, 6.45) is 2.36. The molecule has 0 aliphatic carbocycles. The molecule has 1 aromatic carbocycles. The van der Waals surface area contributed by atoms with Crippen LogP contribution in [0.4, 0.5) is 0 Å². The third-order valence-corrected chi connectivity index (χ3v) is 2.69. The number of fused-ring (bicyclic) bond motifs is 1. The average Bonchev–Trinajstić information content (AvgIpc) is 2.73. The largest absolute Gasteiger partial charge is 0.361 e. The normalized spacial score (nSPS) is 11.0. The van der Waals surface area contributed by atoms with E-state index in [-0.39, 0.29) is 5.91 Å². The van der Waals surface area contributed by atoms with Gasteiger partial charge in [-0.2, -0.15) is 0 Å². The maximum Gasteiger partial charge on any atom is 0.224 e. The highest BCUT2D eigenvalue weighted by atomic mass is 16.1. The zero-order valence-electron chi connectivity index (χ0n) is 10.3.